The number of benzene rings is 1. The molecule has 4 heterocycles. The lowest BCUT2D eigenvalue weighted by molar-refractivity contribution is -0.0444. The zero-order valence-corrected chi connectivity index (χ0v) is 17.2. The summed E-state index contributed by atoms with van der Waals surface area (Å²) in [6.45, 7) is 6.07. The number of hydrogen-bond donors (Lipinski definition) is 4. The van der Waals surface area contributed by atoms with Crippen LogP contribution in [0.4, 0.5) is 0 Å². The van der Waals surface area contributed by atoms with Gasteiger partial charge in [0.25, 0.3) is 0 Å². The Kier molecular flexibility index (Phi) is 6.73. The summed E-state index contributed by atoms with van der Waals surface area (Å²) in [6, 6.07) is 7.96. The van der Waals surface area contributed by atoms with Crippen LogP contribution in [0, 0.1) is 11.8 Å². The lowest BCUT2D eigenvalue weighted by Gasteiger charge is -2.50. The number of ether oxygens (including phenoxy) is 1. The van der Waals surface area contributed by atoms with Crippen molar-refractivity contribution in [1.29, 1.82) is 0 Å². The number of phosphoric acid groups is 1. The average molecular weight is 422 g/mol. The highest BCUT2D eigenvalue weighted by molar-refractivity contribution is 7.45. The topological polar surface area (TPSA) is 123 Å². The Balaban J connectivity index is 0.000000431. The van der Waals surface area contributed by atoms with Gasteiger partial charge in [0.15, 0.2) is 0 Å². The van der Waals surface area contributed by atoms with E-state index in [4.69, 9.17) is 24.0 Å². The number of pyridine rings is 1. The molecule has 5 atom stereocenters. The molecule has 0 spiro atoms. The van der Waals surface area contributed by atoms with Crippen molar-refractivity contribution in [3.63, 3.8) is 0 Å². The van der Waals surface area contributed by atoms with Gasteiger partial charge in [-0.25, -0.2) is 4.57 Å². The number of methoxy groups -OCH3 is 1. The predicted molar refractivity (Wildman–Crippen MR) is 109 cm³/mol. The van der Waals surface area contributed by atoms with Crippen LogP contribution < -0.4 is 4.74 Å². The van der Waals surface area contributed by atoms with E-state index in [9.17, 15) is 5.11 Å². The smallest absolute Gasteiger partial charge is 0.466 e. The van der Waals surface area contributed by atoms with E-state index in [1.165, 1.54) is 6.42 Å². The largest absolute Gasteiger partial charge is 0.497 e. The number of nitrogens with zero attached hydrogens (tertiary/aromatic N) is 2. The van der Waals surface area contributed by atoms with Gasteiger partial charge in [0.2, 0.25) is 0 Å². The van der Waals surface area contributed by atoms with Crippen LogP contribution in [0.5, 0.6) is 5.75 Å². The van der Waals surface area contributed by atoms with Crippen molar-refractivity contribution in [3.8, 4) is 5.75 Å². The van der Waals surface area contributed by atoms with Crippen LogP contribution in [-0.4, -0.2) is 55.9 Å². The fourth-order valence-electron chi connectivity index (χ4n) is 4.44. The average Bonchev–Trinajstić information content (AvgIpc) is 2.71. The fraction of sp³-hybridized carbons (Fsp3) is 0.450. The molecular formula is C20H27N2O6P. The van der Waals surface area contributed by atoms with Crippen LogP contribution in [0.25, 0.3) is 10.9 Å². The van der Waals surface area contributed by atoms with Gasteiger partial charge in [-0.15, -0.1) is 6.58 Å². The number of piperidine rings is 3. The molecule has 1 aromatic heterocycles. The quantitative estimate of drug-likeness (QED) is 0.437. The fourth-order valence-corrected chi connectivity index (χ4v) is 4.44. The van der Waals surface area contributed by atoms with Crippen molar-refractivity contribution >= 4 is 18.7 Å². The zero-order valence-electron chi connectivity index (χ0n) is 16.3. The van der Waals surface area contributed by atoms with Crippen LogP contribution in [-0.2, 0) is 4.57 Å². The van der Waals surface area contributed by atoms with Crippen molar-refractivity contribution in [2.75, 3.05) is 20.2 Å². The number of aromatic nitrogens is 1. The molecule has 3 aliphatic rings. The second kappa shape index (κ2) is 8.92. The summed E-state index contributed by atoms with van der Waals surface area (Å²) < 4.78 is 14.2. The minimum absolute atomic E-state index is 0.178. The molecule has 0 amide bonds. The Hall–Kier alpha value is -1.80. The number of aliphatic hydroxyl groups is 1. The Morgan fingerprint density at radius 2 is 2.07 bits per heavy atom. The predicted octanol–water partition coefficient (Wildman–Crippen LogP) is 2.24. The van der Waals surface area contributed by atoms with E-state index in [2.05, 4.69) is 22.5 Å². The summed E-state index contributed by atoms with van der Waals surface area (Å²) >= 11 is 0. The first-order valence-electron chi connectivity index (χ1n) is 9.47. The summed E-state index contributed by atoms with van der Waals surface area (Å²) in [5, 5.41) is 12.1. The lowest BCUT2D eigenvalue weighted by atomic mass is 9.73. The van der Waals surface area contributed by atoms with Crippen LogP contribution in [0.2, 0.25) is 0 Å². The van der Waals surface area contributed by atoms with Gasteiger partial charge in [-0.3, -0.25) is 9.88 Å². The second-order valence-electron chi connectivity index (χ2n) is 7.49. The molecule has 1 aromatic carbocycles. The van der Waals surface area contributed by atoms with Gasteiger partial charge in [0.1, 0.15) is 5.75 Å². The molecule has 3 aliphatic heterocycles. The Morgan fingerprint density at radius 3 is 2.66 bits per heavy atom. The van der Waals surface area contributed by atoms with E-state index in [0.29, 0.717) is 11.8 Å². The van der Waals surface area contributed by atoms with E-state index in [-0.39, 0.29) is 6.04 Å². The number of aliphatic hydroxyl groups excluding tert-OH is 1. The molecule has 8 nitrogen and oxygen atoms in total. The highest BCUT2D eigenvalue weighted by Gasteiger charge is 2.42. The van der Waals surface area contributed by atoms with Crippen molar-refractivity contribution in [2.24, 2.45) is 11.8 Å². The van der Waals surface area contributed by atoms with Gasteiger partial charge in [0.05, 0.1) is 18.7 Å². The van der Waals surface area contributed by atoms with Crippen LogP contribution in [0.1, 0.15) is 24.5 Å². The maximum atomic E-state index is 11.2. The number of rotatable bonds is 4. The molecule has 3 fully saturated rings. The summed E-state index contributed by atoms with van der Waals surface area (Å²) in [4.78, 5) is 28.4. The Labute approximate surface area is 169 Å². The first-order chi connectivity index (χ1) is 13.7. The normalized spacial score (nSPS) is 27.1. The highest BCUT2D eigenvalue weighted by Crippen LogP contribution is 2.42. The molecule has 0 aliphatic carbocycles. The van der Waals surface area contributed by atoms with Gasteiger partial charge < -0.3 is 24.5 Å². The van der Waals surface area contributed by atoms with Crippen LogP contribution in [0.3, 0.4) is 0 Å². The van der Waals surface area contributed by atoms with Crippen molar-refractivity contribution in [3.05, 3.63) is 48.7 Å². The molecule has 4 N–H and O–H groups in total. The molecule has 0 saturated carbocycles. The van der Waals surface area contributed by atoms with Crippen molar-refractivity contribution in [1.82, 2.24) is 9.88 Å². The summed E-state index contributed by atoms with van der Waals surface area (Å²) in [6.07, 6.45) is 5.62. The second-order valence-corrected chi connectivity index (χ2v) is 8.51. The van der Waals surface area contributed by atoms with Crippen molar-refractivity contribution < 1.29 is 29.1 Å². The van der Waals surface area contributed by atoms with Crippen LogP contribution in [0.15, 0.2) is 43.1 Å². The molecule has 2 unspecified atom stereocenters. The van der Waals surface area contributed by atoms with E-state index in [1.54, 1.807) is 13.3 Å². The van der Waals surface area contributed by atoms with Gasteiger partial charge >= 0.3 is 7.82 Å². The van der Waals surface area contributed by atoms with Gasteiger partial charge in [-0.2, -0.15) is 0 Å². The molecule has 158 valence electrons. The molecular weight excluding hydrogens is 395 g/mol. The summed E-state index contributed by atoms with van der Waals surface area (Å²) in [7, 11) is -2.98. The summed E-state index contributed by atoms with van der Waals surface area (Å²) in [5.41, 5.74) is 1.85. The Bertz CT molecular complexity index is 909. The maximum absolute atomic E-state index is 11.2. The highest BCUT2D eigenvalue weighted by atomic mass is 31.2. The van der Waals surface area contributed by atoms with E-state index in [0.717, 1.165) is 41.7 Å². The minimum Gasteiger partial charge on any atom is -0.497 e. The maximum Gasteiger partial charge on any atom is 0.466 e. The van der Waals surface area contributed by atoms with Crippen molar-refractivity contribution in [2.45, 2.75) is 25.0 Å². The molecule has 0 radical (unpaired) electrons. The Morgan fingerprint density at radius 1 is 1.34 bits per heavy atom. The third-order valence-corrected chi connectivity index (χ3v) is 5.82. The molecule has 3 saturated heterocycles. The van der Waals surface area contributed by atoms with E-state index >= 15 is 0 Å². The zero-order chi connectivity index (χ0) is 21.2. The standard InChI is InChI=1S/C20H24N2O2.H3O4P/c1-3-13-12-22-9-7-14(13)10-19(22)20(23)16-6-8-21-18-5-4-15(24-2)11-17(16)18;1-5(2,3)4/h3-6,8,11,13-14,19-20,23H,1,7,9-10,12H2,2H3;(H3,1,2,3,4)/t13-,14?,19-,20-;/m1./s1. The first kappa shape index (κ1) is 21.9. The molecule has 2 aromatic rings. The SMILES string of the molecule is C=C[C@@H]1CN2CCC1C[C@@H]2[C@H](O)c1ccnc2ccc(OC)cc12.O=P(O)(O)O. The number of fused-ring (bicyclic) bond motifs is 4. The molecule has 9 heteroatoms. The van der Waals surface area contributed by atoms with Gasteiger partial charge in [-0.05, 0) is 61.1 Å². The van der Waals surface area contributed by atoms with Crippen LogP contribution >= 0.6 is 7.82 Å². The molecule has 29 heavy (non-hydrogen) atoms. The molecule has 2 bridgehead atoms. The van der Waals surface area contributed by atoms with Gasteiger partial charge in [0, 0.05) is 24.2 Å². The summed E-state index contributed by atoms with van der Waals surface area (Å²) in [5.74, 6) is 2.01. The number of hydrogen-bond acceptors (Lipinski definition) is 5. The van der Waals surface area contributed by atoms with Gasteiger partial charge in [-0.1, -0.05) is 6.08 Å². The first-order valence-corrected chi connectivity index (χ1v) is 11.0. The lowest BCUT2D eigenvalue weighted by Crippen LogP contribution is -2.54. The molecule has 5 rings (SSSR count). The third-order valence-electron chi connectivity index (χ3n) is 5.82. The van der Waals surface area contributed by atoms with E-state index < -0.39 is 13.9 Å². The minimum atomic E-state index is -4.64. The monoisotopic (exact) mass is 422 g/mol. The third kappa shape index (κ3) is 5.22. The van der Waals surface area contributed by atoms with E-state index in [1.807, 2.05) is 24.3 Å².